The zero-order chi connectivity index (χ0) is 17.6. The molecule has 2 saturated heterocycles. The Morgan fingerprint density at radius 1 is 1.24 bits per heavy atom. The van der Waals surface area contributed by atoms with E-state index in [0.29, 0.717) is 25.0 Å². The fourth-order valence-corrected chi connectivity index (χ4v) is 5.10. The first-order valence-corrected chi connectivity index (χ1v) is 10.6. The highest BCUT2D eigenvalue weighted by atomic mass is 127. The number of guanidine groups is 1. The molecule has 0 unspecified atom stereocenters. The van der Waals surface area contributed by atoms with E-state index in [-0.39, 0.29) is 29.7 Å². The van der Waals surface area contributed by atoms with Crippen molar-refractivity contribution in [1.82, 2.24) is 14.5 Å². The minimum Gasteiger partial charge on any atom is -0.381 e. The SMILES string of the molecule is CCN(CC)S(=O)(=O)CCNC(=NC)N1CCC2(CCOCC2)C1.I. The van der Waals surface area contributed by atoms with Gasteiger partial charge in [-0.15, -0.1) is 24.0 Å². The van der Waals surface area contributed by atoms with E-state index in [1.54, 1.807) is 7.05 Å². The van der Waals surface area contributed by atoms with Gasteiger partial charge in [0, 0.05) is 53.0 Å². The normalized spacial score (nSPS) is 20.8. The van der Waals surface area contributed by atoms with Crippen LogP contribution >= 0.6 is 24.0 Å². The van der Waals surface area contributed by atoms with Crippen molar-refractivity contribution >= 4 is 40.0 Å². The Balaban J connectivity index is 0.00000312. The summed E-state index contributed by atoms with van der Waals surface area (Å²) in [7, 11) is -1.44. The zero-order valence-corrected chi connectivity index (χ0v) is 18.8. The van der Waals surface area contributed by atoms with Gasteiger partial charge >= 0.3 is 0 Å². The van der Waals surface area contributed by atoms with Crippen LogP contribution in [-0.4, -0.2) is 82.3 Å². The summed E-state index contributed by atoms with van der Waals surface area (Å²) >= 11 is 0. The summed E-state index contributed by atoms with van der Waals surface area (Å²) in [5.41, 5.74) is 0.350. The molecule has 1 N–H and O–H groups in total. The fraction of sp³-hybridized carbons (Fsp3) is 0.938. The Morgan fingerprint density at radius 2 is 1.88 bits per heavy atom. The van der Waals surface area contributed by atoms with Gasteiger partial charge in [-0.3, -0.25) is 4.99 Å². The first-order chi connectivity index (χ1) is 11.5. The maximum Gasteiger partial charge on any atom is 0.215 e. The third-order valence-electron chi connectivity index (χ3n) is 5.25. The van der Waals surface area contributed by atoms with Crippen LogP contribution < -0.4 is 5.32 Å². The Labute approximate surface area is 169 Å². The summed E-state index contributed by atoms with van der Waals surface area (Å²) in [6, 6.07) is 0. The van der Waals surface area contributed by atoms with Gasteiger partial charge in [0.1, 0.15) is 0 Å². The summed E-state index contributed by atoms with van der Waals surface area (Å²) in [6.45, 7) is 8.81. The van der Waals surface area contributed by atoms with Gasteiger partial charge < -0.3 is 15.0 Å². The van der Waals surface area contributed by atoms with E-state index < -0.39 is 10.0 Å². The number of likely N-dealkylation sites (tertiary alicyclic amines) is 1. The van der Waals surface area contributed by atoms with Gasteiger partial charge in [-0.2, -0.15) is 0 Å². The van der Waals surface area contributed by atoms with E-state index in [4.69, 9.17) is 4.74 Å². The number of rotatable bonds is 6. The number of nitrogens with zero attached hydrogens (tertiary/aromatic N) is 3. The molecule has 0 radical (unpaired) electrons. The molecule has 2 aliphatic rings. The highest BCUT2D eigenvalue weighted by Crippen LogP contribution is 2.39. The van der Waals surface area contributed by atoms with E-state index >= 15 is 0 Å². The van der Waals surface area contributed by atoms with Crippen LogP contribution in [0, 0.1) is 5.41 Å². The van der Waals surface area contributed by atoms with Crippen molar-refractivity contribution in [2.24, 2.45) is 10.4 Å². The lowest BCUT2D eigenvalue weighted by atomic mass is 9.80. The van der Waals surface area contributed by atoms with E-state index in [1.165, 1.54) is 4.31 Å². The van der Waals surface area contributed by atoms with Crippen LogP contribution in [0.4, 0.5) is 0 Å². The lowest BCUT2D eigenvalue weighted by Gasteiger charge is -2.33. The first-order valence-electron chi connectivity index (χ1n) is 8.97. The molecule has 0 aromatic carbocycles. The standard InChI is InChI=1S/C16H32N4O3S.HI/c1-4-20(5-2)24(21,22)13-9-18-15(17-3)19-10-6-16(14-19)7-11-23-12-8-16;/h4-14H2,1-3H3,(H,17,18);1H. The molecular formula is C16H33IN4O3S. The molecule has 0 atom stereocenters. The number of hydrogen-bond donors (Lipinski definition) is 1. The largest absolute Gasteiger partial charge is 0.381 e. The average Bonchev–Trinajstić information content (AvgIpc) is 2.96. The monoisotopic (exact) mass is 488 g/mol. The second-order valence-corrected chi connectivity index (χ2v) is 8.75. The number of sulfonamides is 1. The van der Waals surface area contributed by atoms with Crippen LogP contribution in [0.1, 0.15) is 33.1 Å². The number of halogens is 1. The van der Waals surface area contributed by atoms with E-state index in [1.807, 2.05) is 13.8 Å². The quantitative estimate of drug-likeness (QED) is 0.347. The molecule has 2 aliphatic heterocycles. The molecule has 0 saturated carbocycles. The summed E-state index contributed by atoms with van der Waals surface area (Å²) in [6.07, 6.45) is 3.38. The number of nitrogens with one attached hydrogen (secondary N) is 1. The van der Waals surface area contributed by atoms with Crippen molar-refractivity contribution in [2.45, 2.75) is 33.1 Å². The van der Waals surface area contributed by atoms with Crippen LogP contribution in [0.2, 0.25) is 0 Å². The molecule has 0 amide bonds. The van der Waals surface area contributed by atoms with E-state index in [0.717, 1.165) is 51.5 Å². The summed E-state index contributed by atoms with van der Waals surface area (Å²) < 4.78 is 31.5. The van der Waals surface area contributed by atoms with Crippen molar-refractivity contribution in [2.75, 3.05) is 58.7 Å². The second kappa shape index (κ2) is 10.3. The second-order valence-electron chi connectivity index (χ2n) is 6.66. The number of aliphatic imine (C=N–C) groups is 1. The predicted molar refractivity (Wildman–Crippen MR) is 112 cm³/mol. The number of ether oxygens (including phenoxy) is 1. The van der Waals surface area contributed by atoms with E-state index in [2.05, 4.69) is 15.2 Å². The van der Waals surface area contributed by atoms with Gasteiger partial charge in [0.2, 0.25) is 10.0 Å². The Kier molecular flexibility index (Phi) is 9.41. The third-order valence-corrected chi connectivity index (χ3v) is 7.27. The lowest BCUT2D eigenvalue weighted by molar-refractivity contribution is 0.0218. The van der Waals surface area contributed by atoms with Gasteiger partial charge in [0.25, 0.3) is 0 Å². The highest BCUT2D eigenvalue weighted by molar-refractivity contribution is 14.0. The zero-order valence-electron chi connectivity index (χ0n) is 15.7. The third kappa shape index (κ3) is 5.93. The van der Waals surface area contributed by atoms with Crippen LogP contribution in [-0.2, 0) is 14.8 Å². The van der Waals surface area contributed by atoms with Gasteiger partial charge in [-0.1, -0.05) is 13.8 Å². The van der Waals surface area contributed by atoms with Crippen molar-refractivity contribution in [3.8, 4) is 0 Å². The van der Waals surface area contributed by atoms with Gasteiger partial charge in [-0.05, 0) is 24.7 Å². The van der Waals surface area contributed by atoms with Crippen LogP contribution in [0.3, 0.4) is 0 Å². The molecule has 0 bridgehead atoms. The van der Waals surface area contributed by atoms with Crippen molar-refractivity contribution in [3.63, 3.8) is 0 Å². The van der Waals surface area contributed by atoms with Gasteiger partial charge in [0.05, 0.1) is 5.75 Å². The molecule has 25 heavy (non-hydrogen) atoms. The number of hydrogen-bond acceptors (Lipinski definition) is 4. The lowest BCUT2D eigenvalue weighted by Crippen LogP contribution is -2.44. The van der Waals surface area contributed by atoms with Gasteiger partial charge in [-0.25, -0.2) is 12.7 Å². The average molecular weight is 488 g/mol. The first kappa shape index (κ1) is 22.9. The maximum absolute atomic E-state index is 12.2. The molecule has 2 rings (SSSR count). The Morgan fingerprint density at radius 3 is 2.44 bits per heavy atom. The van der Waals surface area contributed by atoms with Crippen LogP contribution in [0.25, 0.3) is 0 Å². The maximum atomic E-state index is 12.2. The molecule has 2 heterocycles. The summed E-state index contributed by atoms with van der Waals surface area (Å²) in [5, 5.41) is 3.23. The minimum absolute atomic E-state index is 0. The van der Waals surface area contributed by atoms with E-state index in [9.17, 15) is 8.42 Å². The van der Waals surface area contributed by atoms with Crippen LogP contribution in [0.15, 0.2) is 4.99 Å². The topological polar surface area (TPSA) is 74.2 Å². The predicted octanol–water partition coefficient (Wildman–Crippen LogP) is 1.35. The summed E-state index contributed by atoms with van der Waals surface area (Å²) in [5.74, 6) is 0.911. The smallest absolute Gasteiger partial charge is 0.215 e. The molecule has 2 fully saturated rings. The molecule has 148 valence electrons. The van der Waals surface area contributed by atoms with Crippen LogP contribution in [0.5, 0.6) is 0 Å². The molecular weight excluding hydrogens is 455 g/mol. The molecule has 0 aliphatic carbocycles. The molecule has 7 nitrogen and oxygen atoms in total. The molecule has 0 aromatic rings. The van der Waals surface area contributed by atoms with Crippen molar-refractivity contribution in [3.05, 3.63) is 0 Å². The van der Waals surface area contributed by atoms with Crippen molar-refractivity contribution in [1.29, 1.82) is 0 Å². The van der Waals surface area contributed by atoms with Gasteiger partial charge in [0.15, 0.2) is 5.96 Å². The molecule has 1 spiro atoms. The highest BCUT2D eigenvalue weighted by Gasteiger charge is 2.40. The Bertz CT molecular complexity index is 531. The fourth-order valence-electron chi connectivity index (χ4n) is 3.70. The Hall–Kier alpha value is -0.130. The van der Waals surface area contributed by atoms with Crippen molar-refractivity contribution < 1.29 is 13.2 Å². The molecule has 9 heteroatoms. The minimum atomic E-state index is -3.20. The molecule has 0 aromatic heterocycles. The summed E-state index contributed by atoms with van der Waals surface area (Å²) in [4.78, 5) is 6.60.